The maximum absolute atomic E-state index is 17.2. The van der Waals surface area contributed by atoms with Gasteiger partial charge in [0.15, 0.2) is 0 Å². The van der Waals surface area contributed by atoms with Crippen LogP contribution in [0.5, 0.6) is 0 Å². The number of rotatable bonds is 31. The van der Waals surface area contributed by atoms with Gasteiger partial charge in [-0.15, -0.1) is 0 Å². The van der Waals surface area contributed by atoms with Crippen LogP contribution in [0.1, 0.15) is 99.2 Å². The SMILES string of the molecule is CCN(CC)C(CNC(c1cc(F)ccc1F)C(CNC(CNc1cc(F)[c]cc1F)(c1cccc(F)c1)N1CCOCC1)N(CC)CC)C(NCC(NCC(c1cccc(F)c1)C1CCCN1C)(c1cc(F)ccc1F)C1CCCN1C)c1cccc(F)c1. The molecule has 3 saturated heterocycles. The molecule has 0 bridgehead atoms. The number of nitrogens with zero attached hydrogens (tertiary/aromatic N) is 5. The molecule has 11 nitrogen and oxygen atoms in total. The fraction of sp³-hybridized carbons (Fsp3) is 0.486. The number of likely N-dealkylation sites (N-methyl/N-ethyl adjacent to an activating group) is 4. The molecule has 0 saturated carbocycles. The van der Waals surface area contributed by atoms with Gasteiger partial charge in [-0.3, -0.25) is 20.0 Å². The predicted octanol–water partition coefficient (Wildman–Crippen LogP) is 11.5. The van der Waals surface area contributed by atoms with Gasteiger partial charge in [-0.1, -0.05) is 64.1 Å². The lowest BCUT2D eigenvalue weighted by Gasteiger charge is -2.49. The molecule has 6 aromatic rings. The average Bonchev–Trinajstić information content (AvgIpc) is 1.25. The second-order valence-electron chi connectivity index (χ2n) is 24.3. The van der Waals surface area contributed by atoms with Crippen LogP contribution in [0.3, 0.4) is 0 Å². The molecule has 5 N–H and O–H groups in total. The summed E-state index contributed by atoms with van der Waals surface area (Å²) in [4.78, 5) is 10.8. The summed E-state index contributed by atoms with van der Waals surface area (Å²) in [6.45, 7) is 12.7. The Hall–Kier alpha value is -5.91. The van der Waals surface area contributed by atoms with Crippen molar-refractivity contribution in [3.8, 4) is 0 Å². The summed E-state index contributed by atoms with van der Waals surface area (Å²) in [6, 6.07) is 26.2. The zero-order valence-corrected chi connectivity index (χ0v) is 52.6. The van der Waals surface area contributed by atoms with Crippen molar-refractivity contribution < 1.29 is 44.3 Å². The summed E-state index contributed by atoms with van der Waals surface area (Å²) in [5.41, 5.74) is -1.05. The Kier molecular flexibility index (Phi) is 24.0. The Morgan fingerprint density at radius 2 is 1.17 bits per heavy atom. The van der Waals surface area contributed by atoms with E-state index in [9.17, 15) is 4.39 Å². The van der Waals surface area contributed by atoms with E-state index in [0.29, 0.717) is 76.6 Å². The molecule has 1 radical (unpaired) electrons. The molecule has 9 rings (SSSR count). The van der Waals surface area contributed by atoms with Crippen molar-refractivity contribution in [2.75, 3.05) is 118 Å². The second-order valence-corrected chi connectivity index (χ2v) is 24.3. The number of halogens is 9. The van der Waals surface area contributed by atoms with E-state index in [1.807, 2.05) is 46.9 Å². The summed E-state index contributed by atoms with van der Waals surface area (Å²) in [5, 5.41) is 18.5. The van der Waals surface area contributed by atoms with Gasteiger partial charge in [0.1, 0.15) is 58.0 Å². The monoisotopic (exact) mass is 1260 g/mol. The molecular weight excluding hydrogens is 1170 g/mol. The van der Waals surface area contributed by atoms with Gasteiger partial charge < -0.3 is 35.8 Å². The van der Waals surface area contributed by atoms with E-state index in [1.165, 1.54) is 42.5 Å². The topological polar surface area (TPSA) is 85.6 Å². The van der Waals surface area contributed by atoms with E-state index in [2.05, 4.69) is 64.2 Å². The van der Waals surface area contributed by atoms with Crippen LogP contribution in [0.2, 0.25) is 0 Å². The number of ether oxygens (including phenoxy) is 1. The summed E-state index contributed by atoms with van der Waals surface area (Å²) < 4.78 is 150. The summed E-state index contributed by atoms with van der Waals surface area (Å²) in [5.74, 6) is -5.92. The molecule has 3 aliphatic rings. The third-order valence-corrected chi connectivity index (χ3v) is 19.3. The van der Waals surface area contributed by atoms with Crippen molar-refractivity contribution in [1.29, 1.82) is 0 Å². The summed E-state index contributed by atoms with van der Waals surface area (Å²) in [7, 11) is 4.03. The Morgan fingerprint density at radius 1 is 0.567 bits per heavy atom. The number of morpholine rings is 1. The zero-order chi connectivity index (χ0) is 64.1. The van der Waals surface area contributed by atoms with Crippen LogP contribution < -0.4 is 26.6 Å². The summed E-state index contributed by atoms with van der Waals surface area (Å²) >= 11 is 0. The molecule has 0 amide bonds. The minimum absolute atomic E-state index is 0.00879. The minimum Gasteiger partial charge on any atom is -0.379 e. The van der Waals surface area contributed by atoms with E-state index in [-0.39, 0.29) is 67.3 Å². The Bertz CT molecular complexity index is 3260. The molecule has 3 aliphatic heterocycles. The number of benzene rings is 6. The largest absolute Gasteiger partial charge is 0.379 e. The van der Waals surface area contributed by atoms with Crippen molar-refractivity contribution in [1.82, 2.24) is 45.8 Å². The number of anilines is 1. The van der Waals surface area contributed by atoms with Gasteiger partial charge in [-0.2, -0.15) is 0 Å². The van der Waals surface area contributed by atoms with E-state index < -0.39 is 87.9 Å². The number of hydrogen-bond donors (Lipinski definition) is 5. The first-order chi connectivity index (χ1) is 43.4. The molecule has 6 aromatic carbocycles. The highest BCUT2D eigenvalue weighted by molar-refractivity contribution is 5.46. The van der Waals surface area contributed by atoms with Gasteiger partial charge in [0, 0.05) is 98.7 Å². The molecule has 20 heteroatoms. The highest BCUT2D eigenvalue weighted by Crippen LogP contribution is 2.40. The zero-order valence-electron chi connectivity index (χ0n) is 52.6. The number of nitrogens with one attached hydrogen (secondary N) is 5. The first kappa shape index (κ1) is 68.5. The van der Waals surface area contributed by atoms with E-state index in [0.717, 1.165) is 67.8 Å². The molecule has 0 aromatic heterocycles. The average molecular weight is 1260 g/mol. The van der Waals surface area contributed by atoms with Crippen LogP contribution in [0.4, 0.5) is 45.2 Å². The van der Waals surface area contributed by atoms with Gasteiger partial charge >= 0.3 is 0 Å². The first-order valence-corrected chi connectivity index (χ1v) is 31.9. The van der Waals surface area contributed by atoms with Gasteiger partial charge in [0.25, 0.3) is 0 Å². The molecule has 9 unspecified atom stereocenters. The van der Waals surface area contributed by atoms with Gasteiger partial charge in [-0.05, 0) is 175 Å². The van der Waals surface area contributed by atoms with E-state index in [4.69, 9.17) is 4.74 Å². The summed E-state index contributed by atoms with van der Waals surface area (Å²) in [6.07, 6.45) is 3.13. The molecule has 90 heavy (non-hydrogen) atoms. The lowest BCUT2D eigenvalue weighted by atomic mass is 9.78. The van der Waals surface area contributed by atoms with Gasteiger partial charge in [0.2, 0.25) is 0 Å². The van der Waals surface area contributed by atoms with E-state index in [1.54, 1.807) is 30.3 Å². The quantitative estimate of drug-likeness (QED) is 0.0270. The van der Waals surface area contributed by atoms with Gasteiger partial charge in [-0.25, -0.2) is 39.5 Å². The van der Waals surface area contributed by atoms with Crippen molar-refractivity contribution in [2.24, 2.45) is 0 Å². The van der Waals surface area contributed by atoms with Crippen LogP contribution in [-0.4, -0.2) is 161 Å². The molecular formula is C70H88F9N10O. The molecule has 3 fully saturated rings. The van der Waals surface area contributed by atoms with Crippen molar-refractivity contribution in [3.63, 3.8) is 0 Å². The Balaban J connectivity index is 1.15. The number of hydrogen-bond acceptors (Lipinski definition) is 11. The predicted molar refractivity (Wildman–Crippen MR) is 336 cm³/mol. The number of likely N-dealkylation sites (tertiary alicyclic amines) is 2. The third-order valence-electron chi connectivity index (χ3n) is 19.3. The maximum atomic E-state index is 17.2. The molecule has 487 valence electrons. The van der Waals surface area contributed by atoms with Gasteiger partial charge in [0.05, 0.1) is 37.0 Å². The Morgan fingerprint density at radius 3 is 1.80 bits per heavy atom. The standard InChI is InChI=1S/C70H88F9N10O/c1-7-87(8-2)64(67(48-17-12-20-51(72)37-48)82-45-69(66-23-15-31-86(66)6,58-40-54(75)25-28-60(58)78)83-42-57(63-22-14-30-85(63)5)47-16-11-19-50(71)36-47)43-80-68(56-39-53(74)24-27-59(56)77)65(88(9-3)10-4)44-84-70(89-32-34-90-35-33-89,49-18-13-21-52(73)38-49)46-81-62-41-55(76)26-29-61(62)79/h11-13,16-21,24-25,27-29,36-41,57,63-68,80-84H,7-10,14-15,22-23,30-35,42-46H2,1-6H3. The van der Waals surface area contributed by atoms with Crippen LogP contribution >= 0.6 is 0 Å². The molecule has 0 spiro atoms. The second kappa shape index (κ2) is 31.6. The van der Waals surface area contributed by atoms with Crippen LogP contribution in [0, 0.1) is 58.4 Å². The van der Waals surface area contributed by atoms with Crippen molar-refractivity contribution in [2.45, 2.75) is 107 Å². The highest BCUT2D eigenvalue weighted by atomic mass is 19.2. The van der Waals surface area contributed by atoms with Crippen molar-refractivity contribution >= 4 is 5.69 Å². The molecule has 3 heterocycles. The molecule has 9 atom stereocenters. The lowest BCUT2D eigenvalue weighted by molar-refractivity contribution is -0.0382. The Labute approximate surface area is 525 Å². The molecule has 0 aliphatic carbocycles. The smallest absolute Gasteiger partial charge is 0.147 e. The maximum Gasteiger partial charge on any atom is 0.147 e. The lowest BCUT2D eigenvalue weighted by Crippen LogP contribution is -2.65. The highest BCUT2D eigenvalue weighted by Gasteiger charge is 2.49. The van der Waals surface area contributed by atoms with Crippen molar-refractivity contribution in [3.05, 3.63) is 208 Å². The van der Waals surface area contributed by atoms with Crippen LogP contribution in [0.15, 0.2) is 121 Å². The minimum atomic E-state index is -1.39. The van der Waals surface area contributed by atoms with E-state index >= 15 is 35.1 Å². The van der Waals surface area contributed by atoms with Crippen LogP contribution in [-0.2, 0) is 15.9 Å². The normalized spacial score (nSPS) is 20.1. The first-order valence-electron chi connectivity index (χ1n) is 31.9. The fourth-order valence-corrected chi connectivity index (χ4v) is 14.6. The third kappa shape index (κ3) is 15.9. The van der Waals surface area contributed by atoms with Crippen LogP contribution in [0.25, 0.3) is 0 Å². The fourth-order valence-electron chi connectivity index (χ4n) is 14.6.